The Labute approximate surface area is 111 Å². The molecule has 0 aromatic carbocycles. The first-order valence-electron chi connectivity index (χ1n) is 6.87. The summed E-state index contributed by atoms with van der Waals surface area (Å²) in [6, 6.07) is 4.35. The highest BCUT2D eigenvalue weighted by molar-refractivity contribution is 7.09. The molecule has 0 aliphatic rings. The van der Waals surface area contributed by atoms with E-state index in [1.165, 1.54) is 37.0 Å². The molecule has 0 saturated heterocycles. The Bertz CT molecular complexity index is 277. The molecule has 0 unspecified atom stereocenters. The van der Waals surface area contributed by atoms with Gasteiger partial charge in [0.25, 0.3) is 0 Å². The molecule has 17 heavy (non-hydrogen) atoms. The Hall–Kier alpha value is -0.340. The molecule has 1 nitrogen and oxygen atoms in total. The first-order chi connectivity index (χ1) is 8.14. The molecular weight excluding hydrogens is 226 g/mol. The summed E-state index contributed by atoms with van der Waals surface area (Å²) in [4.78, 5) is 1.49. The molecule has 0 bridgehead atoms. The van der Waals surface area contributed by atoms with Crippen LogP contribution in [0.1, 0.15) is 51.3 Å². The number of nitrogens with one attached hydrogen (secondary N) is 1. The van der Waals surface area contributed by atoms with Crippen LogP contribution in [0, 0.1) is 5.41 Å². The maximum Gasteiger partial charge on any atom is 0.00578 e. The third kappa shape index (κ3) is 6.85. The highest BCUT2D eigenvalue weighted by atomic mass is 32.1. The van der Waals surface area contributed by atoms with Crippen LogP contribution in [0.5, 0.6) is 0 Å². The molecule has 98 valence electrons. The monoisotopic (exact) mass is 253 g/mol. The Morgan fingerprint density at radius 2 is 2.12 bits per heavy atom. The molecule has 1 N–H and O–H groups in total. The fraction of sp³-hybridized carbons (Fsp3) is 0.733. The molecule has 1 aromatic rings. The zero-order valence-electron chi connectivity index (χ0n) is 11.6. The number of thiophene rings is 1. The van der Waals surface area contributed by atoms with Crippen molar-refractivity contribution in [1.82, 2.24) is 5.32 Å². The predicted molar refractivity (Wildman–Crippen MR) is 78.8 cm³/mol. The van der Waals surface area contributed by atoms with Crippen LogP contribution in [0.15, 0.2) is 17.5 Å². The smallest absolute Gasteiger partial charge is 0.00578 e. The maximum absolute atomic E-state index is 3.60. The van der Waals surface area contributed by atoms with Crippen LogP contribution in [0.2, 0.25) is 0 Å². The van der Waals surface area contributed by atoms with Gasteiger partial charge in [-0.15, -0.1) is 11.3 Å². The Morgan fingerprint density at radius 1 is 1.29 bits per heavy atom. The van der Waals surface area contributed by atoms with Crippen molar-refractivity contribution in [3.05, 3.63) is 22.4 Å². The van der Waals surface area contributed by atoms with Crippen molar-refractivity contribution >= 4 is 11.3 Å². The second-order valence-electron chi connectivity index (χ2n) is 5.63. The maximum atomic E-state index is 3.60. The van der Waals surface area contributed by atoms with Crippen molar-refractivity contribution < 1.29 is 0 Å². The van der Waals surface area contributed by atoms with Gasteiger partial charge >= 0.3 is 0 Å². The SMILES string of the molecule is CCCCCC(C)(C)CNCCc1cccs1. The van der Waals surface area contributed by atoms with Gasteiger partial charge < -0.3 is 5.32 Å². The molecule has 1 rings (SSSR count). The van der Waals surface area contributed by atoms with E-state index in [0.717, 1.165) is 13.1 Å². The third-order valence-electron chi connectivity index (χ3n) is 3.19. The highest BCUT2D eigenvalue weighted by Crippen LogP contribution is 2.22. The Morgan fingerprint density at radius 3 is 2.76 bits per heavy atom. The van der Waals surface area contributed by atoms with Gasteiger partial charge in [0.2, 0.25) is 0 Å². The molecule has 1 aromatic heterocycles. The van der Waals surface area contributed by atoms with Crippen molar-refractivity contribution in [2.45, 2.75) is 52.9 Å². The first-order valence-corrected chi connectivity index (χ1v) is 7.75. The van der Waals surface area contributed by atoms with Gasteiger partial charge in [-0.25, -0.2) is 0 Å². The van der Waals surface area contributed by atoms with Gasteiger partial charge in [0.05, 0.1) is 0 Å². The predicted octanol–water partition coefficient (Wildman–Crippen LogP) is 4.49. The molecule has 0 atom stereocenters. The second-order valence-corrected chi connectivity index (χ2v) is 6.66. The molecule has 0 fully saturated rings. The van der Waals surface area contributed by atoms with Crippen molar-refractivity contribution in [3.8, 4) is 0 Å². The van der Waals surface area contributed by atoms with Crippen molar-refractivity contribution in [1.29, 1.82) is 0 Å². The molecule has 2 heteroatoms. The molecular formula is C15H27NS. The van der Waals surface area contributed by atoms with Gasteiger partial charge in [0.1, 0.15) is 0 Å². The molecule has 1 heterocycles. The minimum absolute atomic E-state index is 0.449. The van der Waals surface area contributed by atoms with Crippen molar-refractivity contribution in [3.63, 3.8) is 0 Å². The fourth-order valence-electron chi connectivity index (χ4n) is 2.04. The number of hydrogen-bond donors (Lipinski definition) is 1. The summed E-state index contributed by atoms with van der Waals surface area (Å²) in [7, 11) is 0. The van der Waals surface area contributed by atoms with Gasteiger partial charge in [0.15, 0.2) is 0 Å². The van der Waals surface area contributed by atoms with Crippen LogP contribution in [-0.2, 0) is 6.42 Å². The van der Waals surface area contributed by atoms with Gasteiger partial charge in [-0.1, -0.05) is 46.1 Å². The normalized spacial score (nSPS) is 11.9. The molecule has 0 aliphatic heterocycles. The minimum Gasteiger partial charge on any atom is -0.316 e. The van der Waals surface area contributed by atoms with Crippen LogP contribution < -0.4 is 5.32 Å². The van der Waals surface area contributed by atoms with E-state index in [1.807, 2.05) is 11.3 Å². The van der Waals surface area contributed by atoms with Crippen LogP contribution in [0.3, 0.4) is 0 Å². The summed E-state index contributed by atoms with van der Waals surface area (Å²) in [5.74, 6) is 0. The van der Waals surface area contributed by atoms with Gasteiger partial charge in [-0.2, -0.15) is 0 Å². The third-order valence-corrected chi connectivity index (χ3v) is 4.13. The number of hydrogen-bond acceptors (Lipinski definition) is 2. The Kier molecular flexibility index (Phi) is 6.83. The first kappa shape index (κ1) is 14.7. The van der Waals surface area contributed by atoms with E-state index < -0.39 is 0 Å². The summed E-state index contributed by atoms with van der Waals surface area (Å²) in [5.41, 5.74) is 0.449. The van der Waals surface area contributed by atoms with Gasteiger partial charge in [0, 0.05) is 11.4 Å². The van der Waals surface area contributed by atoms with Crippen LogP contribution in [0.4, 0.5) is 0 Å². The second kappa shape index (κ2) is 7.88. The van der Waals surface area contributed by atoms with Crippen molar-refractivity contribution in [2.24, 2.45) is 5.41 Å². The van der Waals surface area contributed by atoms with E-state index >= 15 is 0 Å². The topological polar surface area (TPSA) is 12.0 Å². The molecule has 0 amide bonds. The summed E-state index contributed by atoms with van der Waals surface area (Å²) < 4.78 is 0. The lowest BCUT2D eigenvalue weighted by Gasteiger charge is -2.25. The lowest BCUT2D eigenvalue weighted by molar-refractivity contribution is 0.303. The molecule has 0 spiro atoms. The number of rotatable bonds is 9. The summed E-state index contributed by atoms with van der Waals surface area (Å²) in [6.07, 6.45) is 6.58. The van der Waals surface area contributed by atoms with Crippen molar-refractivity contribution in [2.75, 3.05) is 13.1 Å². The van der Waals surface area contributed by atoms with E-state index in [-0.39, 0.29) is 0 Å². The average molecular weight is 253 g/mol. The largest absolute Gasteiger partial charge is 0.316 e. The van der Waals surface area contributed by atoms with E-state index in [1.54, 1.807) is 0 Å². The van der Waals surface area contributed by atoms with Crippen LogP contribution >= 0.6 is 11.3 Å². The van der Waals surface area contributed by atoms with E-state index in [0.29, 0.717) is 5.41 Å². The molecule has 0 aliphatic carbocycles. The molecule has 0 saturated carbocycles. The zero-order chi connectivity index (χ0) is 12.6. The lowest BCUT2D eigenvalue weighted by atomic mass is 9.87. The summed E-state index contributed by atoms with van der Waals surface area (Å²) in [6.45, 7) is 9.27. The lowest BCUT2D eigenvalue weighted by Crippen LogP contribution is -2.30. The van der Waals surface area contributed by atoms with Gasteiger partial charge in [-0.05, 0) is 36.2 Å². The highest BCUT2D eigenvalue weighted by Gasteiger charge is 2.16. The summed E-state index contributed by atoms with van der Waals surface area (Å²) in [5, 5.41) is 5.75. The van der Waals surface area contributed by atoms with Gasteiger partial charge in [-0.3, -0.25) is 0 Å². The molecule has 0 radical (unpaired) electrons. The minimum atomic E-state index is 0.449. The zero-order valence-corrected chi connectivity index (χ0v) is 12.4. The van der Waals surface area contributed by atoms with Crippen LogP contribution in [-0.4, -0.2) is 13.1 Å². The van der Waals surface area contributed by atoms with E-state index in [4.69, 9.17) is 0 Å². The van der Waals surface area contributed by atoms with E-state index in [2.05, 4.69) is 43.6 Å². The van der Waals surface area contributed by atoms with E-state index in [9.17, 15) is 0 Å². The van der Waals surface area contributed by atoms with Crippen LogP contribution in [0.25, 0.3) is 0 Å². The average Bonchev–Trinajstić information content (AvgIpc) is 2.77. The summed E-state index contributed by atoms with van der Waals surface area (Å²) >= 11 is 1.86. The fourth-order valence-corrected chi connectivity index (χ4v) is 2.74. The number of unbranched alkanes of at least 4 members (excludes halogenated alkanes) is 2. The quantitative estimate of drug-likeness (QED) is 0.640. The Balaban J connectivity index is 2.07. The standard InChI is InChI=1S/C15H27NS/c1-4-5-6-10-15(2,3)13-16-11-9-14-8-7-12-17-14/h7-8,12,16H,4-6,9-11,13H2,1-3H3.